The summed E-state index contributed by atoms with van der Waals surface area (Å²) in [4.78, 5) is 38.7. The van der Waals surface area contributed by atoms with Crippen LogP contribution in [-0.4, -0.2) is 34.5 Å². The second kappa shape index (κ2) is 8.95. The number of rotatable bonds is 7. The van der Waals surface area contributed by atoms with Crippen molar-refractivity contribution in [2.24, 2.45) is 0 Å². The zero-order valence-corrected chi connectivity index (χ0v) is 15.2. The summed E-state index contributed by atoms with van der Waals surface area (Å²) in [7, 11) is 0. The Labute approximate surface area is 159 Å². The van der Waals surface area contributed by atoms with Gasteiger partial charge in [0.25, 0.3) is 11.6 Å². The van der Waals surface area contributed by atoms with Gasteiger partial charge in [0.2, 0.25) is 5.88 Å². The molecule has 142 valence electrons. The van der Waals surface area contributed by atoms with Crippen LogP contribution in [0.1, 0.15) is 24.2 Å². The summed E-state index contributed by atoms with van der Waals surface area (Å²) in [6, 6.07) is 6.60. The maximum atomic E-state index is 12.3. The fourth-order valence-electron chi connectivity index (χ4n) is 2.03. The SMILES string of the molecule is CCOc1ncccc1C(=O)O[C@@H](C)C(=O)Nc1cc([N+](=O)[O-])ccc1Cl. The lowest BCUT2D eigenvalue weighted by atomic mass is 10.2. The van der Waals surface area contributed by atoms with E-state index in [0.29, 0.717) is 6.61 Å². The molecular formula is C17H16ClN3O6. The first kappa shape index (κ1) is 20.1. The number of ether oxygens (including phenoxy) is 2. The van der Waals surface area contributed by atoms with Crippen LogP contribution in [0.15, 0.2) is 36.5 Å². The molecule has 0 bridgehead atoms. The lowest BCUT2D eigenvalue weighted by Gasteiger charge is -2.15. The van der Waals surface area contributed by atoms with Gasteiger partial charge in [0.1, 0.15) is 5.56 Å². The molecule has 1 aromatic heterocycles. The van der Waals surface area contributed by atoms with E-state index in [-0.39, 0.29) is 27.8 Å². The van der Waals surface area contributed by atoms with Gasteiger partial charge in [-0.25, -0.2) is 9.78 Å². The molecule has 0 aliphatic heterocycles. The van der Waals surface area contributed by atoms with Crippen molar-refractivity contribution in [1.82, 2.24) is 4.98 Å². The second-order valence-electron chi connectivity index (χ2n) is 5.25. The maximum absolute atomic E-state index is 12.3. The summed E-state index contributed by atoms with van der Waals surface area (Å²) in [6.45, 7) is 3.40. The summed E-state index contributed by atoms with van der Waals surface area (Å²) in [5.74, 6) is -1.40. The predicted molar refractivity (Wildman–Crippen MR) is 97.0 cm³/mol. The van der Waals surface area contributed by atoms with Crippen LogP contribution in [0.4, 0.5) is 11.4 Å². The number of anilines is 1. The van der Waals surface area contributed by atoms with Crippen molar-refractivity contribution in [3.8, 4) is 5.88 Å². The van der Waals surface area contributed by atoms with Gasteiger partial charge in [-0.05, 0) is 32.0 Å². The van der Waals surface area contributed by atoms with Crippen LogP contribution in [0.25, 0.3) is 0 Å². The van der Waals surface area contributed by atoms with Gasteiger partial charge in [-0.2, -0.15) is 0 Å². The van der Waals surface area contributed by atoms with Crippen molar-refractivity contribution in [2.75, 3.05) is 11.9 Å². The molecule has 1 amide bonds. The molecule has 0 radical (unpaired) electrons. The number of carbonyl (C=O) groups is 2. The molecule has 1 heterocycles. The first-order valence-corrected chi connectivity index (χ1v) is 8.24. The normalized spacial score (nSPS) is 11.4. The van der Waals surface area contributed by atoms with E-state index in [1.807, 2.05) is 0 Å². The van der Waals surface area contributed by atoms with Crippen molar-refractivity contribution in [3.63, 3.8) is 0 Å². The van der Waals surface area contributed by atoms with E-state index in [4.69, 9.17) is 21.1 Å². The van der Waals surface area contributed by atoms with Crippen LogP contribution in [0.2, 0.25) is 5.02 Å². The highest BCUT2D eigenvalue weighted by Crippen LogP contribution is 2.27. The second-order valence-corrected chi connectivity index (χ2v) is 5.65. The number of esters is 1. The fourth-order valence-corrected chi connectivity index (χ4v) is 2.20. The van der Waals surface area contributed by atoms with E-state index in [1.54, 1.807) is 6.92 Å². The van der Waals surface area contributed by atoms with Crippen LogP contribution in [-0.2, 0) is 9.53 Å². The van der Waals surface area contributed by atoms with Crippen molar-refractivity contribution in [3.05, 3.63) is 57.2 Å². The number of amides is 1. The number of nitrogens with one attached hydrogen (secondary N) is 1. The monoisotopic (exact) mass is 393 g/mol. The molecule has 0 aliphatic carbocycles. The van der Waals surface area contributed by atoms with Gasteiger partial charge in [-0.1, -0.05) is 11.6 Å². The molecular weight excluding hydrogens is 378 g/mol. The third kappa shape index (κ3) is 5.14. The topological polar surface area (TPSA) is 121 Å². The van der Waals surface area contributed by atoms with Crippen molar-refractivity contribution in [2.45, 2.75) is 20.0 Å². The number of nitro benzene ring substituents is 1. The lowest BCUT2D eigenvalue weighted by molar-refractivity contribution is -0.384. The number of carbonyl (C=O) groups excluding carboxylic acids is 2. The number of hydrogen-bond acceptors (Lipinski definition) is 7. The average Bonchev–Trinajstić information content (AvgIpc) is 2.63. The largest absolute Gasteiger partial charge is 0.477 e. The summed E-state index contributed by atoms with van der Waals surface area (Å²) in [5, 5.41) is 13.3. The van der Waals surface area contributed by atoms with Crippen molar-refractivity contribution in [1.29, 1.82) is 0 Å². The Kier molecular flexibility index (Phi) is 6.67. The minimum absolute atomic E-state index is 0.0372. The Morgan fingerprint density at radius 1 is 1.37 bits per heavy atom. The van der Waals surface area contributed by atoms with Gasteiger partial charge >= 0.3 is 5.97 Å². The fraction of sp³-hybridized carbons (Fsp3) is 0.235. The zero-order valence-electron chi connectivity index (χ0n) is 14.5. The minimum Gasteiger partial charge on any atom is -0.477 e. The Morgan fingerprint density at radius 2 is 2.11 bits per heavy atom. The standard InChI is InChI=1S/C17H16ClN3O6/c1-3-26-16-12(5-4-8-19-16)17(23)27-10(2)15(22)20-14-9-11(21(24)25)6-7-13(14)18/h4-10H,3H2,1-2H3,(H,20,22)/t10-/m0/s1. The molecule has 0 fully saturated rings. The number of aromatic nitrogens is 1. The van der Waals surface area contributed by atoms with Crippen LogP contribution < -0.4 is 10.1 Å². The molecule has 27 heavy (non-hydrogen) atoms. The Morgan fingerprint density at radius 3 is 2.78 bits per heavy atom. The molecule has 1 aromatic carbocycles. The quantitative estimate of drug-likeness (QED) is 0.435. The number of pyridine rings is 1. The highest BCUT2D eigenvalue weighted by atomic mass is 35.5. The summed E-state index contributed by atoms with van der Waals surface area (Å²) in [5.41, 5.74) is -0.126. The molecule has 0 unspecified atom stereocenters. The van der Waals surface area contributed by atoms with Crippen molar-refractivity contribution < 1.29 is 24.0 Å². The van der Waals surface area contributed by atoms with Crippen molar-refractivity contribution >= 4 is 34.9 Å². The van der Waals surface area contributed by atoms with Gasteiger partial charge in [-0.3, -0.25) is 14.9 Å². The smallest absolute Gasteiger partial charge is 0.344 e. The number of nitrogens with zero attached hydrogens (tertiary/aromatic N) is 2. The van der Waals surface area contributed by atoms with Gasteiger partial charge in [0, 0.05) is 18.3 Å². The summed E-state index contributed by atoms with van der Waals surface area (Å²) >= 11 is 5.94. The Balaban J connectivity index is 2.09. The molecule has 0 aliphatic rings. The molecule has 2 aromatic rings. The first-order chi connectivity index (χ1) is 12.8. The molecule has 1 atom stereocenters. The molecule has 2 rings (SSSR count). The van der Waals surface area contributed by atoms with Gasteiger partial charge in [0.05, 0.1) is 22.2 Å². The molecule has 10 heteroatoms. The van der Waals surface area contributed by atoms with Gasteiger partial charge < -0.3 is 14.8 Å². The van der Waals surface area contributed by atoms with E-state index in [0.717, 1.165) is 6.07 Å². The van der Waals surface area contributed by atoms with Crippen LogP contribution in [0.3, 0.4) is 0 Å². The van der Waals surface area contributed by atoms with E-state index in [1.165, 1.54) is 37.4 Å². The van der Waals surface area contributed by atoms with Crippen LogP contribution in [0.5, 0.6) is 5.88 Å². The predicted octanol–water partition coefficient (Wildman–Crippen LogP) is 3.23. The van der Waals surface area contributed by atoms with Crippen LogP contribution in [0, 0.1) is 10.1 Å². The molecule has 1 N–H and O–H groups in total. The molecule has 0 spiro atoms. The third-order valence-corrected chi connectivity index (χ3v) is 3.67. The Bertz CT molecular complexity index is 873. The van der Waals surface area contributed by atoms with Crippen LogP contribution >= 0.6 is 11.6 Å². The average molecular weight is 394 g/mol. The zero-order chi connectivity index (χ0) is 20.0. The van der Waals surface area contributed by atoms with E-state index < -0.39 is 22.9 Å². The maximum Gasteiger partial charge on any atom is 0.344 e. The lowest BCUT2D eigenvalue weighted by Crippen LogP contribution is -2.30. The van der Waals surface area contributed by atoms with Gasteiger partial charge in [0.15, 0.2) is 6.10 Å². The van der Waals surface area contributed by atoms with E-state index >= 15 is 0 Å². The van der Waals surface area contributed by atoms with Gasteiger partial charge in [-0.15, -0.1) is 0 Å². The summed E-state index contributed by atoms with van der Waals surface area (Å²) < 4.78 is 10.4. The molecule has 9 nitrogen and oxygen atoms in total. The number of halogens is 1. The number of hydrogen-bond donors (Lipinski definition) is 1. The van der Waals surface area contributed by atoms with E-state index in [2.05, 4.69) is 10.3 Å². The highest BCUT2D eigenvalue weighted by Gasteiger charge is 2.23. The Hall–Kier alpha value is -3.20. The first-order valence-electron chi connectivity index (χ1n) is 7.87. The van der Waals surface area contributed by atoms with E-state index in [9.17, 15) is 19.7 Å². The number of benzene rings is 1. The molecule has 0 saturated carbocycles. The number of non-ortho nitro benzene ring substituents is 1. The summed E-state index contributed by atoms with van der Waals surface area (Å²) in [6.07, 6.45) is 0.268. The minimum atomic E-state index is -1.19. The number of nitro groups is 1. The third-order valence-electron chi connectivity index (χ3n) is 3.34. The highest BCUT2D eigenvalue weighted by molar-refractivity contribution is 6.33. The molecule has 0 saturated heterocycles.